The highest BCUT2D eigenvalue weighted by Crippen LogP contribution is 2.64. The van der Waals surface area contributed by atoms with E-state index in [4.69, 9.17) is 0 Å². The maximum Gasteiger partial charge on any atom is 0.460 e. The highest BCUT2D eigenvalue weighted by Gasteiger charge is 2.94. The van der Waals surface area contributed by atoms with Crippen LogP contribution in [0.3, 0.4) is 0 Å². The van der Waals surface area contributed by atoms with Crippen LogP contribution in [0.25, 0.3) is 0 Å². The van der Waals surface area contributed by atoms with E-state index in [0.29, 0.717) is 0 Å². The lowest BCUT2D eigenvalue weighted by Crippen LogP contribution is -2.73. The van der Waals surface area contributed by atoms with Crippen LogP contribution >= 0.6 is 22.6 Å². The van der Waals surface area contributed by atoms with Crippen molar-refractivity contribution < 1.29 is 74.6 Å². The SMILES string of the molecule is FC(F)(F)C(F)(F)C(F)(F)C(F)(F)C(F)(F)C(F)(F)C(F)(I)C(F)(F)F. The molecule has 0 aliphatic carbocycles. The molecule has 0 heterocycles. The molecule has 1 atom stereocenters. The van der Waals surface area contributed by atoms with E-state index in [0.717, 1.165) is 0 Å². The third-order valence-electron chi connectivity index (χ3n) is 2.68. The zero-order chi connectivity index (χ0) is 22.0. The summed E-state index contributed by atoms with van der Waals surface area (Å²) >= 11 is -1.25. The summed E-state index contributed by atoms with van der Waals surface area (Å²) in [6.07, 6.45) is -14.9. The van der Waals surface area contributed by atoms with Gasteiger partial charge in [0.1, 0.15) is 0 Å². The number of rotatable bonds is 5. The minimum Gasteiger partial charge on any atom is -0.215 e. The first-order valence-electron chi connectivity index (χ1n) is 5.15. The van der Waals surface area contributed by atoms with E-state index in [1.807, 2.05) is 0 Å². The Balaban J connectivity index is 6.61. The number of hydrogen-bond acceptors (Lipinski definition) is 0. The Bertz CT molecular complexity index is 474. The standard InChI is InChI=1S/C8F17I/c9-1(10,3(13,14)5(17,18)7(20,21)22)2(11,12)4(15,16)6(19,26)8(23,24)25. The first kappa shape index (κ1) is 25.5. The molecule has 0 rings (SSSR count). The fraction of sp³-hybridized carbons (Fsp3) is 1.00. The molecule has 0 aliphatic rings. The lowest BCUT2D eigenvalue weighted by atomic mass is 9.92. The zero-order valence-electron chi connectivity index (χ0n) is 10.8. The Labute approximate surface area is 143 Å². The van der Waals surface area contributed by atoms with Gasteiger partial charge in [0, 0.05) is 0 Å². The quantitative estimate of drug-likeness (QED) is 0.213. The molecule has 0 saturated carbocycles. The molecule has 0 amide bonds. The lowest BCUT2D eigenvalue weighted by molar-refractivity contribution is -0.449. The fourth-order valence-electron chi connectivity index (χ4n) is 1.14. The summed E-state index contributed by atoms with van der Waals surface area (Å²) in [7, 11) is 0. The van der Waals surface area contributed by atoms with E-state index in [1.54, 1.807) is 0 Å². The minimum absolute atomic E-state index is 1.25. The van der Waals surface area contributed by atoms with Crippen LogP contribution in [0.4, 0.5) is 74.6 Å². The predicted octanol–water partition coefficient (Wildman–Crippen LogP) is 6.39. The van der Waals surface area contributed by atoms with E-state index < -0.39 is 68.2 Å². The van der Waals surface area contributed by atoms with Gasteiger partial charge in [0.15, 0.2) is 0 Å². The highest BCUT2D eigenvalue weighted by molar-refractivity contribution is 14.1. The van der Waals surface area contributed by atoms with E-state index in [9.17, 15) is 74.6 Å². The molecule has 0 spiro atoms. The molecular weight excluding hydrogens is 546 g/mol. The second-order valence-corrected chi connectivity index (χ2v) is 5.93. The van der Waals surface area contributed by atoms with Crippen molar-refractivity contribution in [2.24, 2.45) is 0 Å². The van der Waals surface area contributed by atoms with Crippen molar-refractivity contribution >= 4 is 22.6 Å². The second kappa shape index (κ2) is 6.02. The average molecular weight is 546 g/mol. The van der Waals surface area contributed by atoms with Crippen LogP contribution in [-0.2, 0) is 0 Å². The molecule has 0 nitrogen and oxygen atoms in total. The number of halogens is 18. The van der Waals surface area contributed by atoms with Gasteiger partial charge in [-0.2, -0.15) is 70.2 Å². The Morgan fingerprint density at radius 3 is 0.769 bits per heavy atom. The third-order valence-corrected chi connectivity index (χ3v) is 3.97. The van der Waals surface area contributed by atoms with Gasteiger partial charge in [0.25, 0.3) is 0 Å². The topological polar surface area (TPSA) is 0 Å². The maximum atomic E-state index is 13.0. The molecule has 18 heteroatoms. The van der Waals surface area contributed by atoms with Gasteiger partial charge in [-0.15, -0.1) is 0 Å². The van der Waals surface area contributed by atoms with Crippen LogP contribution in [0.1, 0.15) is 0 Å². The van der Waals surface area contributed by atoms with Crippen LogP contribution in [0.2, 0.25) is 0 Å². The monoisotopic (exact) mass is 546 g/mol. The van der Waals surface area contributed by atoms with Crippen molar-refractivity contribution in [1.82, 2.24) is 0 Å². The molecule has 0 aromatic rings. The van der Waals surface area contributed by atoms with Gasteiger partial charge >= 0.3 is 45.6 Å². The van der Waals surface area contributed by atoms with Crippen LogP contribution in [0.5, 0.6) is 0 Å². The van der Waals surface area contributed by atoms with E-state index in [-0.39, 0.29) is 0 Å². The Morgan fingerprint density at radius 1 is 0.308 bits per heavy atom. The van der Waals surface area contributed by atoms with Crippen molar-refractivity contribution in [3.63, 3.8) is 0 Å². The molecule has 0 N–H and O–H groups in total. The minimum atomic E-state index is -8.49. The van der Waals surface area contributed by atoms with E-state index in [1.165, 1.54) is 0 Å². The molecule has 0 aromatic carbocycles. The molecule has 1 unspecified atom stereocenters. The summed E-state index contributed by atoms with van der Waals surface area (Å²) in [4.78, 5) is 0. The van der Waals surface area contributed by atoms with Crippen molar-refractivity contribution in [2.45, 2.75) is 45.6 Å². The van der Waals surface area contributed by atoms with Crippen LogP contribution in [-0.4, -0.2) is 45.6 Å². The summed E-state index contributed by atoms with van der Waals surface area (Å²) in [5, 5.41) is 0. The molecule has 0 radical (unpaired) electrons. The Morgan fingerprint density at radius 2 is 0.538 bits per heavy atom. The number of hydrogen-bond donors (Lipinski definition) is 0. The average Bonchev–Trinajstić information content (AvgIpc) is 2.34. The normalized spacial score (nSPS) is 18.7. The Hall–Kier alpha value is -0.460. The van der Waals surface area contributed by atoms with Crippen LogP contribution in [0, 0.1) is 0 Å². The van der Waals surface area contributed by atoms with Crippen molar-refractivity contribution in [3.05, 3.63) is 0 Å². The highest BCUT2D eigenvalue weighted by atomic mass is 127. The molecule has 0 saturated heterocycles. The number of alkyl halides is 18. The molecule has 0 aromatic heterocycles. The van der Waals surface area contributed by atoms with Gasteiger partial charge in [-0.1, -0.05) is 0 Å². The summed E-state index contributed by atoms with van der Waals surface area (Å²) < 4.78 is 206. The zero-order valence-corrected chi connectivity index (χ0v) is 13.0. The van der Waals surface area contributed by atoms with Crippen molar-refractivity contribution in [3.8, 4) is 0 Å². The van der Waals surface area contributed by atoms with Gasteiger partial charge in [0.05, 0.1) is 0 Å². The van der Waals surface area contributed by atoms with Gasteiger partial charge in [-0.3, -0.25) is 0 Å². The summed E-state index contributed by atoms with van der Waals surface area (Å²) in [5.74, 6) is -41.3. The smallest absolute Gasteiger partial charge is 0.215 e. The molecule has 0 bridgehead atoms. The first-order valence-corrected chi connectivity index (χ1v) is 6.23. The van der Waals surface area contributed by atoms with Crippen molar-refractivity contribution in [2.75, 3.05) is 0 Å². The molecule has 0 fully saturated rings. The first-order chi connectivity index (χ1) is 10.8. The van der Waals surface area contributed by atoms with Gasteiger partial charge in [-0.05, 0) is 22.6 Å². The third kappa shape index (κ3) is 3.06. The lowest BCUT2D eigenvalue weighted by Gasteiger charge is -2.42. The molecule has 0 aliphatic heterocycles. The van der Waals surface area contributed by atoms with Gasteiger partial charge in [-0.25, -0.2) is 4.39 Å². The molecular formula is C8F17I. The maximum absolute atomic E-state index is 13.0. The summed E-state index contributed by atoms with van der Waals surface area (Å²) in [5.41, 5.74) is 0. The van der Waals surface area contributed by atoms with Gasteiger partial charge in [0.2, 0.25) is 0 Å². The van der Waals surface area contributed by atoms with Crippen LogP contribution in [0.15, 0.2) is 0 Å². The van der Waals surface area contributed by atoms with E-state index >= 15 is 0 Å². The predicted molar refractivity (Wildman–Crippen MR) is 54.7 cm³/mol. The molecule has 158 valence electrons. The largest absolute Gasteiger partial charge is 0.460 e. The second-order valence-electron chi connectivity index (χ2n) is 4.44. The van der Waals surface area contributed by atoms with Crippen LogP contribution < -0.4 is 0 Å². The summed E-state index contributed by atoms with van der Waals surface area (Å²) in [6, 6.07) is 0. The Kier molecular flexibility index (Phi) is 5.91. The summed E-state index contributed by atoms with van der Waals surface area (Å²) in [6.45, 7) is 0. The fourth-order valence-corrected chi connectivity index (χ4v) is 1.48. The van der Waals surface area contributed by atoms with E-state index in [2.05, 4.69) is 0 Å². The van der Waals surface area contributed by atoms with Gasteiger partial charge < -0.3 is 0 Å². The van der Waals surface area contributed by atoms with Crippen molar-refractivity contribution in [1.29, 1.82) is 0 Å². The molecule has 26 heavy (non-hydrogen) atoms.